The number of ether oxygens (including phenoxy) is 1. The van der Waals surface area contributed by atoms with Gasteiger partial charge in [0.25, 0.3) is 0 Å². The molecule has 0 aliphatic carbocycles. The summed E-state index contributed by atoms with van der Waals surface area (Å²) < 4.78 is 8.46. The van der Waals surface area contributed by atoms with Crippen LogP contribution in [0.15, 0.2) is 67.1 Å². The molecule has 2 aromatic heterocycles. The lowest BCUT2D eigenvalue weighted by atomic mass is 10.0. The van der Waals surface area contributed by atoms with Crippen molar-refractivity contribution >= 4 is 17.4 Å². The maximum Gasteiger partial charge on any atom is 0.146 e. The number of aryl methyl sites for hydroxylation is 1. The largest absolute Gasteiger partial charge is 0.393 e. The molecule has 39 heavy (non-hydrogen) atoms. The van der Waals surface area contributed by atoms with E-state index in [2.05, 4.69) is 22.0 Å². The summed E-state index contributed by atoms with van der Waals surface area (Å²) in [5, 5.41) is 29.9. The van der Waals surface area contributed by atoms with Crippen LogP contribution in [0.25, 0.3) is 11.1 Å². The number of piperidine rings is 1. The van der Waals surface area contributed by atoms with Gasteiger partial charge in [0.2, 0.25) is 0 Å². The van der Waals surface area contributed by atoms with Crippen LogP contribution in [0.1, 0.15) is 47.0 Å². The second-order valence-electron chi connectivity index (χ2n) is 9.55. The van der Waals surface area contributed by atoms with Gasteiger partial charge in [-0.05, 0) is 54.3 Å². The molecule has 8 nitrogen and oxygen atoms in total. The molecule has 0 amide bonds. The molecule has 196 valence electrons. The van der Waals surface area contributed by atoms with Crippen molar-refractivity contribution in [3.05, 3.63) is 100 Å². The second kappa shape index (κ2) is 11.7. The molecule has 1 unspecified atom stereocenters. The van der Waals surface area contributed by atoms with E-state index in [-0.39, 0.29) is 12.7 Å². The first-order valence-corrected chi connectivity index (χ1v) is 13.1. The van der Waals surface area contributed by atoms with Crippen molar-refractivity contribution in [3.8, 4) is 23.3 Å². The Morgan fingerprint density at radius 1 is 1.10 bits per heavy atom. The highest BCUT2D eigenvalue weighted by Gasteiger charge is 2.25. The maximum atomic E-state index is 10.0. The molecular weight excluding hydrogens is 512 g/mol. The fourth-order valence-corrected chi connectivity index (χ4v) is 5.01. The number of nitriles is 2. The van der Waals surface area contributed by atoms with E-state index < -0.39 is 6.10 Å². The summed E-state index contributed by atoms with van der Waals surface area (Å²) in [5.41, 5.74) is 5.01. The van der Waals surface area contributed by atoms with Crippen LogP contribution in [0.5, 0.6) is 0 Å². The molecule has 2 aromatic carbocycles. The Morgan fingerprint density at radius 3 is 2.51 bits per heavy atom. The van der Waals surface area contributed by atoms with Crippen LogP contribution < -0.4 is 4.90 Å². The molecule has 9 heteroatoms. The van der Waals surface area contributed by atoms with Crippen LogP contribution in [0, 0.1) is 22.7 Å². The number of rotatable bonds is 7. The van der Waals surface area contributed by atoms with Gasteiger partial charge in [0.15, 0.2) is 0 Å². The number of aliphatic hydroxyl groups excluding tert-OH is 1. The molecule has 1 aliphatic heterocycles. The predicted molar refractivity (Wildman–Crippen MR) is 148 cm³/mol. The molecule has 1 aliphatic rings. The zero-order valence-electron chi connectivity index (χ0n) is 21.5. The number of imidazole rings is 1. The number of benzene rings is 2. The number of aliphatic hydroxyl groups is 1. The molecule has 0 saturated carbocycles. The van der Waals surface area contributed by atoms with Crippen molar-refractivity contribution in [2.45, 2.75) is 31.7 Å². The lowest BCUT2D eigenvalue weighted by molar-refractivity contribution is 0.0604. The summed E-state index contributed by atoms with van der Waals surface area (Å²) in [6.45, 7) is 1.37. The van der Waals surface area contributed by atoms with Gasteiger partial charge >= 0.3 is 0 Å². The van der Waals surface area contributed by atoms with Crippen LogP contribution in [0.4, 0.5) is 5.82 Å². The van der Waals surface area contributed by atoms with E-state index in [4.69, 9.17) is 21.3 Å². The quantitative estimate of drug-likeness (QED) is 0.346. The number of aromatic nitrogens is 3. The SMILES string of the molecule is Cn1cncc1C(OCc1nc(N2CCC(O)CC2)c(C#N)cc1-c1cccc(Cl)c1)c1ccc(C#N)cc1. The normalized spacial score (nSPS) is 14.5. The third kappa shape index (κ3) is 5.79. The van der Waals surface area contributed by atoms with Crippen molar-refractivity contribution in [1.29, 1.82) is 10.5 Å². The smallest absolute Gasteiger partial charge is 0.146 e. The van der Waals surface area contributed by atoms with E-state index in [1.807, 2.05) is 48.0 Å². The Kier molecular flexibility index (Phi) is 7.90. The minimum absolute atomic E-state index is 0.146. The topological polar surface area (TPSA) is 111 Å². The van der Waals surface area contributed by atoms with Crippen LogP contribution in [0.3, 0.4) is 0 Å². The molecule has 0 spiro atoms. The number of hydrogen-bond acceptors (Lipinski definition) is 7. The van der Waals surface area contributed by atoms with E-state index in [9.17, 15) is 15.6 Å². The summed E-state index contributed by atoms with van der Waals surface area (Å²) in [4.78, 5) is 11.3. The van der Waals surface area contributed by atoms with Crippen molar-refractivity contribution in [1.82, 2.24) is 14.5 Å². The first-order valence-electron chi connectivity index (χ1n) is 12.7. The highest BCUT2D eigenvalue weighted by atomic mass is 35.5. The molecule has 1 N–H and O–H groups in total. The fourth-order valence-electron chi connectivity index (χ4n) is 4.82. The van der Waals surface area contributed by atoms with Gasteiger partial charge in [-0.1, -0.05) is 35.9 Å². The van der Waals surface area contributed by atoms with Gasteiger partial charge in [-0.25, -0.2) is 9.97 Å². The zero-order valence-corrected chi connectivity index (χ0v) is 22.2. The zero-order chi connectivity index (χ0) is 27.4. The maximum absolute atomic E-state index is 10.0. The molecular formula is C30H27ClN6O2. The van der Waals surface area contributed by atoms with Crippen molar-refractivity contribution in [2.75, 3.05) is 18.0 Å². The van der Waals surface area contributed by atoms with Gasteiger partial charge in [0.1, 0.15) is 18.0 Å². The first kappa shape index (κ1) is 26.4. The molecule has 4 aromatic rings. The standard InChI is InChI=1S/C30H27ClN6O2/c1-36-19-34-17-28(36)29(21-7-5-20(15-32)6-8-21)39-18-27-26(22-3-2-4-24(31)13-22)14-23(16-33)30(35-27)37-11-9-25(38)10-12-37/h2-8,13-14,17,19,25,29,38H,9-12,18H2,1H3. The van der Waals surface area contributed by atoms with Gasteiger partial charge < -0.3 is 19.3 Å². The minimum Gasteiger partial charge on any atom is -0.393 e. The molecule has 5 rings (SSSR count). The van der Waals surface area contributed by atoms with E-state index >= 15 is 0 Å². The van der Waals surface area contributed by atoms with Crippen molar-refractivity contribution in [3.63, 3.8) is 0 Å². The second-order valence-corrected chi connectivity index (χ2v) is 9.98. The van der Waals surface area contributed by atoms with Crippen LogP contribution in [-0.2, 0) is 18.4 Å². The van der Waals surface area contributed by atoms with E-state index in [1.54, 1.807) is 30.7 Å². The lowest BCUT2D eigenvalue weighted by Crippen LogP contribution is -2.37. The lowest BCUT2D eigenvalue weighted by Gasteiger charge is -2.31. The highest BCUT2D eigenvalue weighted by Crippen LogP contribution is 2.34. The fraction of sp³-hybridized carbons (Fsp3) is 0.267. The molecule has 1 fully saturated rings. The average molecular weight is 539 g/mol. The number of nitrogens with zero attached hydrogens (tertiary/aromatic N) is 6. The number of hydrogen-bond donors (Lipinski definition) is 1. The van der Waals surface area contributed by atoms with Gasteiger partial charge in [-0.3, -0.25) is 0 Å². The Bertz CT molecular complexity index is 1550. The minimum atomic E-state index is -0.469. The number of anilines is 1. The van der Waals surface area contributed by atoms with Crippen molar-refractivity contribution < 1.29 is 9.84 Å². The number of pyridine rings is 1. The Balaban J connectivity index is 1.56. The van der Waals surface area contributed by atoms with E-state index in [1.165, 1.54) is 0 Å². The molecule has 1 saturated heterocycles. The third-order valence-electron chi connectivity index (χ3n) is 6.95. The summed E-state index contributed by atoms with van der Waals surface area (Å²) in [7, 11) is 1.91. The Hall–Kier alpha value is -4.21. The Morgan fingerprint density at radius 2 is 1.87 bits per heavy atom. The third-order valence-corrected chi connectivity index (χ3v) is 7.19. The van der Waals surface area contributed by atoms with Gasteiger partial charge in [0.05, 0.1) is 53.8 Å². The molecule has 0 radical (unpaired) electrons. The summed E-state index contributed by atoms with van der Waals surface area (Å²) >= 11 is 6.32. The highest BCUT2D eigenvalue weighted by molar-refractivity contribution is 6.30. The molecule has 3 heterocycles. The monoisotopic (exact) mass is 538 g/mol. The van der Waals surface area contributed by atoms with Gasteiger partial charge in [-0.2, -0.15) is 10.5 Å². The number of halogens is 1. The van der Waals surface area contributed by atoms with Crippen LogP contribution >= 0.6 is 11.6 Å². The molecule has 0 bridgehead atoms. The average Bonchev–Trinajstić information content (AvgIpc) is 3.39. The van der Waals surface area contributed by atoms with E-state index in [0.29, 0.717) is 53.6 Å². The predicted octanol–water partition coefficient (Wildman–Crippen LogP) is 5.15. The van der Waals surface area contributed by atoms with Crippen LogP contribution in [-0.4, -0.2) is 38.8 Å². The first-order chi connectivity index (χ1) is 19.0. The Labute approximate surface area is 232 Å². The summed E-state index contributed by atoms with van der Waals surface area (Å²) in [5.74, 6) is 0.587. The van der Waals surface area contributed by atoms with Crippen LogP contribution in [0.2, 0.25) is 5.02 Å². The molecule has 1 atom stereocenters. The summed E-state index contributed by atoms with van der Waals surface area (Å²) in [6.07, 6.45) is 3.91. The van der Waals surface area contributed by atoms with E-state index in [0.717, 1.165) is 22.4 Å². The summed E-state index contributed by atoms with van der Waals surface area (Å²) in [6, 6.07) is 21.0. The van der Waals surface area contributed by atoms with Gasteiger partial charge in [-0.15, -0.1) is 0 Å². The van der Waals surface area contributed by atoms with Crippen molar-refractivity contribution in [2.24, 2.45) is 7.05 Å². The van der Waals surface area contributed by atoms with Gasteiger partial charge in [0, 0.05) is 30.7 Å².